The second-order valence-corrected chi connectivity index (χ2v) is 3.75. The molecule has 4 nitrogen and oxygen atoms in total. The smallest absolute Gasteiger partial charge is 0.340 e. The number of carbonyl (C=O) groups is 1. The molecule has 1 rings (SSSR count). The minimum atomic E-state index is -1.45. The lowest BCUT2D eigenvalue weighted by atomic mass is 9.94. The summed E-state index contributed by atoms with van der Waals surface area (Å²) >= 11 is 0. The lowest BCUT2D eigenvalue weighted by Gasteiger charge is -2.19. The molecular weight excluding hydrogens is 160 g/mol. The summed E-state index contributed by atoms with van der Waals surface area (Å²) in [5, 5.41) is 9.70. The molecular formula is C8H14O4. The zero-order valence-corrected chi connectivity index (χ0v) is 7.59. The Labute approximate surface area is 71.5 Å². The SMILES string of the molecule is COC(=O)C1(O)COC(C)(C)C1. The largest absolute Gasteiger partial charge is 0.467 e. The summed E-state index contributed by atoms with van der Waals surface area (Å²) in [6.45, 7) is 3.68. The van der Waals surface area contributed by atoms with Crippen LogP contribution >= 0.6 is 0 Å². The first kappa shape index (κ1) is 9.48. The van der Waals surface area contributed by atoms with Crippen molar-refractivity contribution in [3.63, 3.8) is 0 Å². The third kappa shape index (κ3) is 1.59. The van der Waals surface area contributed by atoms with Crippen molar-refractivity contribution in [2.24, 2.45) is 0 Å². The molecule has 1 saturated heterocycles. The van der Waals surface area contributed by atoms with Gasteiger partial charge >= 0.3 is 5.97 Å². The fourth-order valence-corrected chi connectivity index (χ4v) is 1.44. The maximum Gasteiger partial charge on any atom is 0.340 e. The van der Waals surface area contributed by atoms with Crippen molar-refractivity contribution < 1.29 is 19.4 Å². The highest BCUT2D eigenvalue weighted by molar-refractivity contribution is 5.79. The highest BCUT2D eigenvalue weighted by Gasteiger charge is 2.49. The van der Waals surface area contributed by atoms with E-state index in [-0.39, 0.29) is 13.0 Å². The fourth-order valence-electron chi connectivity index (χ4n) is 1.44. The average molecular weight is 174 g/mol. The molecule has 0 aliphatic carbocycles. The van der Waals surface area contributed by atoms with E-state index in [0.29, 0.717) is 0 Å². The molecule has 1 heterocycles. The molecule has 1 unspecified atom stereocenters. The maximum absolute atomic E-state index is 11.1. The van der Waals surface area contributed by atoms with E-state index >= 15 is 0 Å². The molecule has 0 aromatic carbocycles. The van der Waals surface area contributed by atoms with Crippen LogP contribution in [0.5, 0.6) is 0 Å². The van der Waals surface area contributed by atoms with E-state index in [1.165, 1.54) is 7.11 Å². The first-order valence-corrected chi connectivity index (χ1v) is 3.84. The molecule has 1 aliphatic rings. The Bertz CT molecular complexity index is 199. The summed E-state index contributed by atoms with van der Waals surface area (Å²) in [4.78, 5) is 11.1. The normalized spacial score (nSPS) is 33.3. The standard InChI is InChI=1S/C8H14O4/c1-7(2)4-8(10,5-12-7)6(9)11-3/h10H,4-5H2,1-3H3. The van der Waals surface area contributed by atoms with Gasteiger partial charge in [-0.2, -0.15) is 0 Å². The van der Waals surface area contributed by atoms with E-state index in [9.17, 15) is 9.90 Å². The minimum Gasteiger partial charge on any atom is -0.467 e. The van der Waals surface area contributed by atoms with Crippen molar-refractivity contribution in [3.05, 3.63) is 0 Å². The van der Waals surface area contributed by atoms with Crippen molar-refractivity contribution in [1.29, 1.82) is 0 Å². The summed E-state index contributed by atoms with van der Waals surface area (Å²) in [7, 11) is 1.26. The number of carbonyl (C=O) groups excluding carboxylic acids is 1. The summed E-state index contributed by atoms with van der Waals surface area (Å²) < 4.78 is 9.69. The quantitative estimate of drug-likeness (QED) is 0.572. The van der Waals surface area contributed by atoms with Crippen molar-refractivity contribution in [2.45, 2.75) is 31.5 Å². The molecule has 0 bridgehead atoms. The van der Waals surface area contributed by atoms with Crippen LogP contribution in [0, 0.1) is 0 Å². The van der Waals surface area contributed by atoms with Gasteiger partial charge in [0.25, 0.3) is 0 Å². The Morgan fingerprint density at radius 1 is 1.58 bits per heavy atom. The van der Waals surface area contributed by atoms with E-state index in [1.54, 1.807) is 0 Å². The van der Waals surface area contributed by atoms with Crippen molar-refractivity contribution in [2.75, 3.05) is 13.7 Å². The Hall–Kier alpha value is -0.610. The van der Waals surface area contributed by atoms with E-state index in [0.717, 1.165) is 0 Å². The Kier molecular flexibility index (Phi) is 2.14. The molecule has 0 radical (unpaired) electrons. The van der Waals surface area contributed by atoms with Crippen LogP contribution in [0.25, 0.3) is 0 Å². The van der Waals surface area contributed by atoms with Gasteiger partial charge in [-0.15, -0.1) is 0 Å². The highest BCUT2D eigenvalue weighted by Crippen LogP contribution is 2.32. The van der Waals surface area contributed by atoms with Gasteiger partial charge in [0.05, 0.1) is 19.3 Å². The van der Waals surface area contributed by atoms with Gasteiger partial charge in [-0.25, -0.2) is 4.79 Å². The predicted octanol–water partition coefficient (Wildman–Crippen LogP) is 0.0894. The summed E-state index contributed by atoms with van der Waals surface area (Å²) in [5.74, 6) is -0.618. The molecule has 0 aromatic heterocycles. The number of methoxy groups -OCH3 is 1. The van der Waals surface area contributed by atoms with Crippen LogP contribution in [0.2, 0.25) is 0 Å². The van der Waals surface area contributed by atoms with E-state index in [1.807, 2.05) is 13.8 Å². The van der Waals surface area contributed by atoms with E-state index in [4.69, 9.17) is 4.74 Å². The zero-order valence-electron chi connectivity index (χ0n) is 7.59. The van der Waals surface area contributed by atoms with Crippen LogP contribution in [0.15, 0.2) is 0 Å². The molecule has 12 heavy (non-hydrogen) atoms. The van der Waals surface area contributed by atoms with Crippen molar-refractivity contribution in [3.8, 4) is 0 Å². The second kappa shape index (κ2) is 2.71. The molecule has 70 valence electrons. The monoisotopic (exact) mass is 174 g/mol. The number of aliphatic hydroxyl groups is 1. The molecule has 1 N–H and O–H groups in total. The molecule has 1 aliphatic heterocycles. The molecule has 0 spiro atoms. The number of hydrogen-bond donors (Lipinski definition) is 1. The summed E-state index contributed by atoms with van der Waals surface area (Å²) in [6, 6.07) is 0. The first-order chi connectivity index (χ1) is 5.40. The Morgan fingerprint density at radius 3 is 2.50 bits per heavy atom. The van der Waals surface area contributed by atoms with Gasteiger partial charge in [0.1, 0.15) is 0 Å². The van der Waals surface area contributed by atoms with Crippen LogP contribution < -0.4 is 0 Å². The lowest BCUT2D eigenvalue weighted by Crippen LogP contribution is -2.40. The maximum atomic E-state index is 11.1. The Morgan fingerprint density at radius 2 is 2.17 bits per heavy atom. The Balaban J connectivity index is 2.71. The van der Waals surface area contributed by atoms with Crippen molar-refractivity contribution in [1.82, 2.24) is 0 Å². The first-order valence-electron chi connectivity index (χ1n) is 3.84. The van der Waals surface area contributed by atoms with Crippen molar-refractivity contribution >= 4 is 5.97 Å². The van der Waals surface area contributed by atoms with Gasteiger partial charge in [0.2, 0.25) is 0 Å². The highest BCUT2D eigenvalue weighted by atomic mass is 16.6. The van der Waals surface area contributed by atoms with E-state index < -0.39 is 17.2 Å². The number of hydrogen-bond acceptors (Lipinski definition) is 4. The topological polar surface area (TPSA) is 55.8 Å². The number of rotatable bonds is 1. The van der Waals surface area contributed by atoms with Crippen LogP contribution in [0.1, 0.15) is 20.3 Å². The fraction of sp³-hybridized carbons (Fsp3) is 0.875. The third-order valence-corrected chi connectivity index (χ3v) is 1.99. The zero-order chi connectivity index (χ0) is 9.41. The van der Waals surface area contributed by atoms with Gasteiger partial charge in [0.15, 0.2) is 5.60 Å². The predicted molar refractivity (Wildman–Crippen MR) is 41.6 cm³/mol. The average Bonchev–Trinajstić information content (AvgIpc) is 2.25. The van der Waals surface area contributed by atoms with Crippen LogP contribution in [0.3, 0.4) is 0 Å². The van der Waals surface area contributed by atoms with Gasteiger partial charge in [-0.3, -0.25) is 0 Å². The van der Waals surface area contributed by atoms with Gasteiger partial charge < -0.3 is 14.6 Å². The molecule has 4 heteroatoms. The summed E-state index contributed by atoms with van der Waals surface area (Å²) in [5.41, 5.74) is -1.89. The number of ether oxygens (including phenoxy) is 2. The second-order valence-electron chi connectivity index (χ2n) is 3.75. The van der Waals surface area contributed by atoms with Crippen LogP contribution in [-0.4, -0.2) is 36.0 Å². The van der Waals surface area contributed by atoms with Gasteiger partial charge in [-0.05, 0) is 13.8 Å². The van der Waals surface area contributed by atoms with Gasteiger partial charge in [0, 0.05) is 6.42 Å². The van der Waals surface area contributed by atoms with Gasteiger partial charge in [-0.1, -0.05) is 0 Å². The third-order valence-electron chi connectivity index (χ3n) is 1.99. The van der Waals surface area contributed by atoms with E-state index in [2.05, 4.69) is 4.74 Å². The van der Waals surface area contributed by atoms with Crippen LogP contribution in [0.4, 0.5) is 0 Å². The molecule has 1 fully saturated rings. The minimum absolute atomic E-state index is 0.0205. The molecule has 1 atom stereocenters. The lowest BCUT2D eigenvalue weighted by molar-refractivity contribution is -0.161. The van der Waals surface area contributed by atoms with Crippen LogP contribution in [-0.2, 0) is 14.3 Å². The molecule has 0 aromatic rings. The summed E-state index contributed by atoms with van der Waals surface area (Å²) in [6.07, 6.45) is 0.284. The molecule has 0 saturated carbocycles. The molecule has 0 amide bonds. The number of esters is 1.